The quantitative estimate of drug-likeness (QED) is 0.285. The number of hydrogen-bond donors (Lipinski definition) is 1. The Labute approximate surface area is 247 Å². The molecule has 0 aliphatic rings. The first-order chi connectivity index (χ1) is 18.8. The van der Waals surface area contributed by atoms with Gasteiger partial charge in [-0.15, -0.1) is 0 Å². The fraction of sp³-hybridized carbons (Fsp3) is 0.333. The summed E-state index contributed by atoms with van der Waals surface area (Å²) in [5.74, 6) is -0.886. The van der Waals surface area contributed by atoms with Gasteiger partial charge in [-0.05, 0) is 87.2 Å². The third-order valence-electron chi connectivity index (χ3n) is 6.61. The normalized spacial score (nSPS) is 12.9. The fourth-order valence-corrected chi connectivity index (χ4v) is 5.97. The molecule has 0 bridgehead atoms. The molecule has 0 aromatic heterocycles. The summed E-state index contributed by atoms with van der Waals surface area (Å²) in [4.78, 5) is 28.6. The van der Waals surface area contributed by atoms with Crippen molar-refractivity contribution in [3.63, 3.8) is 0 Å². The van der Waals surface area contributed by atoms with Gasteiger partial charge in [-0.1, -0.05) is 60.5 Å². The smallest absolute Gasteiger partial charge is 0.264 e. The first-order valence-electron chi connectivity index (χ1n) is 13.0. The van der Waals surface area contributed by atoms with Crippen LogP contribution in [0.4, 0.5) is 5.69 Å². The molecule has 0 fully saturated rings. The van der Waals surface area contributed by atoms with Crippen LogP contribution in [0.25, 0.3) is 0 Å². The predicted molar refractivity (Wildman–Crippen MR) is 161 cm³/mol. The van der Waals surface area contributed by atoms with Gasteiger partial charge < -0.3 is 10.2 Å². The molecular formula is C30H35Cl2N3O4S. The number of aryl methyl sites for hydroxylation is 2. The van der Waals surface area contributed by atoms with E-state index in [0.717, 1.165) is 21.9 Å². The van der Waals surface area contributed by atoms with Crippen LogP contribution in [0.1, 0.15) is 43.9 Å². The van der Waals surface area contributed by atoms with Crippen LogP contribution in [0.3, 0.4) is 0 Å². The summed E-state index contributed by atoms with van der Waals surface area (Å²) in [5.41, 5.74) is 2.71. The highest BCUT2D eigenvalue weighted by atomic mass is 35.5. The SMILES string of the molecule is CC[C@@H](C)NC(=O)[C@@H](C)N(Cc1ccc(Cl)c(Cl)c1)C(=O)CN(c1cc(C)cc(C)c1)S(=O)(=O)c1ccccc1. The number of carbonyl (C=O) groups excluding carboxylic acids is 2. The standard InChI is InChI=1S/C30H35Cl2N3O4S/c1-6-22(4)33-30(37)23(5)34(18-24-12-13-27(31)28(32)17-24)29(36)19-35(25-15-20(2)14-21(3)16-25)40(38,39)26-10-8-7-9-11-26/h7-17,22-23H,6,18-19H2,1-5H3,(H,33,37)/t22-,23-/m1/s1. The van der Waals surface area contributed by atoms with Gasteiger partial charge in [0, 0.05) is 12.6 Å². The van der Waals surface area contributed by atoms with E-state index in [1.807, 2.05) is 33.8 Å². The van der Waals surface area contributed by atoms with Crippen molar-refractivity contribution in [3.8, 4) is 0 Å². The minimum Gasteiger partial charge on any atom is -0.352 e. The van der Waals surface area contributed by atoms with E-state index < -0.39 is 28.5 Å². The van der Waals surface area contributed by atoms with Crippen molar-refractivity contribution in [1.29, 1.82) is 0 Å². The van der Waals surface area contributed by atoms with E-state index in [2.05, 4.69) is 5.32 Å². The van der Waals surface area contributed by atoms with Crippen LogP contribution in [-0.4, -0.2) is 43.8 Å². The zero-order chi connectivity index (χ0) is 29.6. The Hall–Kier alpha value is -3.07. The molecule has 0 saturated carbocycles. The largest absolute Gasteiger partial charge is 0.352 e. The van der Waals surface area contributed by atoms with Gasteiger partial charge in [0.05, 0.1) is 20.6 Å². The molecule has 2 amide bonds. The number of halogens is 2. The third-order valence-corrected chi connectivity index (χ3v) is 9.14. The van der Waals surface area contributed by atoms with E-state index in [-0.39, 0.29) is 23.4 Å². The summed E-state index contributed by atoms with van der Waals surface area (Å²) >= 11 is 12.3. The van der Waals surface area contributed by atoms with Gasteiger partial charge in [0.2, 0.25) is 11.8 Å². The zero-order valence-corrected chi connectivity index (χ0v) is 25.6. The second-order valence-electron chi connectivity index (χ2n) is 9.93. The van der Waals surface area contributed by atoms with Gasteiger partial charge in [0.25, 0.3) is 10.0 Å². The number of sulfonamides is 1. The molecule has 10 heteroatoms. The van der Waals surface area contributed by atoms with Crippen molar-refractivity contribution in [3.05, 3.63) is 93.5 Å². The van der Waals surface area contributed by atoms with Crippen molar-refractivity contribution in [2.45, 2.75) is 64.6 Å². The Kier molecular flexibility index (Phi) is 10.6. The number of nitrogens with one attached hydrogen (secondary N) is 1. The second-order valence-corrected chi connectivity index (χ2v) is 12.6. The monoisotopic (exact) mass is 603 g/mol. The van der Waals surface area contributed by atoms with E-state index in [9.17, 15) is 18.0 Å². The molecule has 0 radical (unpaired) electrons. The van der Waals surface area contributed by atoms with Crippen LogP contribution >= 0.6 is 23.2 Å². The average Bonchev–Trinajstić information content (AvgIpc) is 2.91. The molecule has 3 aromatic carbocycles. The number of anilines is 1. The third kappa shape index (κ3) is 7.77. The highest BCUT2D eigenvalue weighted by Gasteiger charge is 2.33. The van der Waals surface area contributed by atoms with Crippen LogP contribution in [-0.2, 0) is 26.2 Å². The summed E-state index contributed by atoms with van der Waals surface area (Å²) < 4.78 is 28.9. The number of carbonyl (C=O) groups is 2. The molecule has 40 heavy (non-hydrogen) atoms. The van der Waals surface area contributed by atoms with E-state index in [0.29, 0.717) is 21.3 Å². The molecule has 0 heterocycles. The van der Waals surface area contributed by atoms with E-state index in [1.54, 1.807) is 55.5 Å². The number of benzene rings is 3. The molecule has 2 atom stereocenters. The Morgan fingerprint density at radius 3 is 2.10 bits per heavy atom. The number of nitrogens with zero attached hydrogens (tertiary/aromatic N) is 2. The molecule has 214 valence electrons. The lowest BCUT2D eigenvalue weighted by Crippen LogP contribution is -2.52. The molecule has 0 unspecified atom stereocenters. The summed E-state index contributed by atoms with van der Waals surface area (Å²) in [6, 6.07) is 17.3. The van der Waals surface area contributed by atoms with E-state index in [1.165, 1.54) is 17.0 Å². The summed E-state index contributed by atoms with van der Waals surface area (Å²) in [7, 11) is -4.12. The molecular weight excluding hydrogens is 569 g/mol. The average molecular weight is 605 g/mol. The number of hydrogen-bond acceptors (Lipinski definition) is 4. The van der Waals surface area contributed by atoms with Gasteiger partial charge in [0.1, 0.15) is 12.6 Å². The molecule has 0 aliphatic carbocycles. The molecule has 0 aliphatic heterocycles. The first-order valence-corrected chi connectivity index (χ1v) is 15.2. The molecule has 7 nitrogen and oxygen atoms in total. The second kappa shape index (κ2) is 13.5. The predicted octanol–water partition coefficient (Wildman–Crippen LogP) is 6.14. The topological polar surface area (TPSA) is 86.8 Å². The van der Waals surface area contributed by atoms with Gasteiger partial charge in [-0.25, -0.2) is 8.42 Å². The van der Waals surface area contributed by atoms with Gasteiger partial charge in [-0.2, -0.15) is 0 Å². The Balaban J connectivity index is 2.06. The summed E-state index contributed by atoms with van der Waals surface area (Å²) in [5, 5.41) is 3.59. The van der Waals surface area contributed by atoms with Crippen molar-refractivity contribution in [1.82, 2.24) is 10.2 Å². The molecule has 1 N–H and O–H groups in total. The molecule has 0 spiro atoms. The number of amides is 2. The minimum atomic E-state index is -4.12. The van der Waals surface area contributed by atoms with Crippen LogP contribution in [0, 0.1) is 13.8 Å². The maximum absolute atomic E-state index is 14.0. The van der Waals surface area contributed by atoms with E-state index >= 15 is 0 Å². The molecule has 0 saturated heterocycles. The molecule has 3 aromatic rings. The maximum atomic E-state index is 14.0. The number of rotatable bonds is 11. The van der Waals surface area contributed by atoms with Gasteiger partial charge in [0.15, 0.2) is 0 Å². The maximum Gasteiger partial charge on any atom is 0.264 e. The lowest BCUT2D eigenvalue weighted by Gasteiger charge is -2.32. The Morgan fingerprint density at radius 1 is 0.900 bits per heavy atom. The first kappa shape index (κ1) is 31.5. The van der Waals surface area contributed by atoms with Crippen LogP contribution in [0.5, 0.6) is 0 Å². The highest BCUT2D eigenvalue weighted by Crippen LogP contribution is 2.27. The van der Waals surface area contributed by atoms with Gasteiger partial charge >= 0.3 is 0 Å². The van der Waals surface area contributed by atoms with Crippen molar-refractivity contribution in [2.75, 3.05) is 10.8 Å². The van der Waals surface area contributed by atoms with Gasteiger partial charge in [-0.3, -0.25) is 13.9 Å². The zero-order valence-electron chi connectivity index (χ0n) is 23.3. The molecule has 3 rings (SSSR count). The summed E-state index contributed by atoms with van der Waals surface area (Å²) in [6.07, 6.45) is 0.717. The fourth-order valence-electron chi connectivity index (χ4n) is 4.23. The van der Waals surface area contributed by atoms with Crippen LogP contribution in [0.2, 0.25) is 10.0 Å². The van der Waals surface area contributed by atoms with Crippen LogP contribution in [0.15, 0.2) is 71.6 Å². The van der Waals surface area contributed by atoms with Crippen molar-refractivity contribution >= 4 is 50.7 Å². The lowest BCUT2D eigenvalue weighted by atomic mass is 10.1. The lowest BCUT2D eigenvalue weighted by molar-refractivity contribution is -0.139. The summed E-state index contributed by atoms with van der Waals surface area (Å²) in [6.45, 7) is 8.70. The van der Waals surface area contributed by atoms with Crippen LogP contribution < -0.4 is 9.62 Å². The Morgan fingerprint density at radius 2 is 1.52 bits per heavy atom. The van der Waals surface area contributed by atoms with Crippen molar-refractivity contribution in [2.24, 2.45) is 0 Å². The Bertz CT molecular complexity index is 1440. The highest BCUT2D eigenvalue weighted by molar-refractivity contribution is 7.92. The van der Waals surface area contributed by atoms with E-state index in [4.69, 9.17) is 23.2 Å². The van der Waals surface area contributed by atoms with Crippen molar-refractivity contribution < 1.29 is 18.0 Å². The minimum absolute atomic E-state index is 0.0247.